The average Bonchev–Trinajstić information content (AvgIpc) is 3.43. The minimum absolute atomic E-state index is 0.0672. The van der Waals surface area contributed by atoms with E-state index < -0.39 is 17.6 Å². The molecule has 0 spiro atoms. The number of hydrogen-bond donors (Lipinski definition) is 1. The molecule has 230 valence electrons. The van der Waals surface area contributed by atoms with Crippen LogP contribution in [0.2, 0.25) is 0 Å². The molecule has 10 nitrogen and oxygen atoms in total. The lowest BCUT2D eigenvalue weighted by Gasteiger charge is -2.15. The Labute approximate surface area is 251 Å². The Bertz CT molecular complexity index is 1700. The molecule has 1 N–H and O–H groups in total. The zero-order valence-corrected chi connectivity index (χ0v) is 24.7. The Morgan fingerprint density at radius 1 is 1.09 bits per heavy atom. The summed E-state index contributed by atoms with van der Waals surface area (Å²) in [7, 11) is 3.04. The molecule has 0 aliphatic heterocycles. The predicted octanol–water partition coefficient (Wildman–Crippen LogP) is 7.03. The third-order valence-electron chi connectivity index (χ3n) is 6.37. The van der Waals surface area contributed by atoms with Crippen LogP contribution in [-0.4, -0.2) is 48.2 Å². The standard InChI is InChI=1S/C31H30F3N5O5/c1-7-24(21-14-25(41-5)26(42-6)15-22(21)35-4)44-20-10-12-28(36-16-20)37-30(40)29-27(43-8-2)17-39(38-29)23-11-9-19(13-18(23)3)31(32,33)34/h7,9-17H,4,8H2,1-3,5-6H3,(H,36,37,40)/b24-7+. The van der Waals surface area contributed by atoms with Crippen LogP contribution in [-0.2, 0) is 6.18 Å². The summed E-state index contributed by atoms with van der Waals surface area (Å²) in [4.78, 5) is 21.5. The number of alkyl halides is 3. The molecule has 2 aromatic heterocycles. The van der Waals surface area contributed by atoms with Crippen molar-refractivity contribution < 1.29 is 36.9 Å². The first-order valence-electron chi connectivity index (χ1n) is 13.3. The van der Waals surface area contributed by atoms with Crippen LogP contribution >= 0.6 is 0 Å². The largest absolute Gasteiger partial charge is 0.493 e. The van der Waals surface area contributed by atoms with E-state index in [9.17, 15) is 18.0 Å². The molecule has 0 saturated carbocycles. The maximum atomic E-state index is 13.2. The fourth-order valence-electron chi connectivity index (χ4n) is 4.27. The number of nitrogens with one attached hydrogen (secondary N) is 1. The molecular formula is C31H30F3N5O5. The molecule has 0 unspecified atom stereocenters. The lowest BCUT2D eigenvalue weighted by Crippen LogP contribution is -2.15. The van der Waals surface area contributed by atoms with Gasteiger partial charge in [-0.2, -0.15) is 18.3 Å². The number of nitrogens with zero attached hydrogens (tertiary/aromatic N) is 4. The summed E-state index contributed by atoms with van der Waals surface area (Å²) in [6, 6.07) is 9.82. The van der Waals surface area contributed by atoms with Gasteiger partial charge >= 0.3 is 6.18 Å². The summed E-state index contributed by atoms with van der Waals surface area (Å²) in [5, 5.41) is 6.96. The normalized spacial score (nSPS) is 11.6. The highest BCUT2D eigenvalue weighted by Crippen LogP contribution is 2.38. The van der Waals surface area contributed by atoms with Gasteiger partial charge in [-0.3, -0.25) is 9.79 Å². The van der Waals surface area contributed by atoms with Gasteiger partial charge in [-0.25, -0.2) is 9.67 Å². The lowest BCUT2D eigenvalue weighted by molar-refractivity contribution is -0.137. The number of methoxy groups -OCH3 is 2. The molecule has 44 heavy (non-hydrogen) atoms. The van der Waals surface area contributed by atoms with Crippen LogP contribution in [0.4, 0.5) is 24.7 Å². The monoisotopic (exact) mass is 609 g/mol. The fourth-order valence-corrected chi connectivity index (χ4v) is 4.27. The number of benzene rings is 2. The van der Waals surface area contributed by atoms with Crippen LogP contribution in [0.25, 0.3) is 11.4 Å². The van der Waals surface area contributed by atoms with Crippen LogP contribution < -0.4 is 24.3 Å². The molecule has 0 aliphatic carbocycles. The van der Waals surface area contributed by atoms with Crippen molar-refractivity contribution in [3.63, 3.8) is 0 Å². The van der Waals surface area contributed by atoms with Crippen LogP contribution in [0.1, 0.15) is 41.0 Å². The number of aromatic nitrogens is 3. The molecule has 0 saturated heterocycles. The number of allylic oxidation sites excluding steroid dienone is 1. The third-order valence-corrected chi connectivity index (χ3v) is 6.37. The summed E-state index contributed by atoms with van der Waals surface area (Å²) in [5.41, 5.74) is 0.960. The summed E-state index contributed by atoms with van der Waals surface area (Å²) in [5.74, 6) is 1.53. The van der Waals surface area contributed by atoms with Gasteiger partial charge in [-0.15, -0.1) is 0 Å². The summed E-state index contributed by atoms with van der Waals surface area (Å²) in [6.07, 6.45) is 0.132. The maximum absolute atomic E-state index is 13.2. The van der Waals surface area contributed by atoms with Crippen molar-refractivity contribution in [1.29, 1.82) is 0 Å². The minimum Gasteiger partial charge on any atom is -0.493 e. The zero-order chi connectivity index (χ0) is 32.0. The predicted molar refractivity (Wildman–Crippen MR) is 160 cm³/mol. The van der Waals surface area contributed by atoms with Crippen LogP contribution in [0.3, 0.4) is 0 Å². The van der Waals surface area contributed by atoms with E-state index in [1.54, 1.807) is 44.2 Å². The number of anilines is 1. The number of hydrogen-bond acceptors (Lipinski definition) is 8. The van der Waals surface area contributed by atoms with Gasteiger partial charge in [0.05, 0.1) is 50.2 Å². The summed E-state index contributed by atoms with van der Waals surface area (Å²) < 4.78 is 63.1. The molecule has 2 aromatic carbocycles. The summed E-state index contributed by atoms with van der Waals surface area (Å²) >= 11 is 0. The number of halogens is 3. The van der Waals surface area contributed by atoms with E-state index in [2.05, 4.69) is 27.1 Å². The van der Waals surface area contributed by atoms with Gasteiger partial charge in [0.1, 0.15) is 17.3 Å². The first-order chi connectivity index (χ1) is 21.0. The molecular weight excluding hydrogens is 579 g/mol. The Balaban J connectivity index is 1.54. The Hall–Kier alpha value is -5.33. The molecule has 0 aliphatic rings. The second kappa shape index (κ2) is 13.3. The minimum atomic E-state index is -4.48. The highest BCUT2D eigenvalue weighted by atomic mass is 19.4. The molecule has 2 heterocycles. The zero-order valence-electron chi connectivity index (χ0n) is 24.7. The van der Waals surface area contributed by atoms with Gasteiger partial charge in [-0.05, 0) is 75.5 Å². The number of aryl methyl sites for hydroxylation is 1. The Morgan fingerprint density at radius 2 is 1.82 bits per heavy atom. The first kappa shape index (κ1) is 31.6. The van der Waals surface area contributed by atoms with Crippen molar-refractivity contribution in [2.24, 2.45) is 4.99 Å². The van der Waals surface area contributed by atoms with E-state index in [4.69, 9.17) is 18.9 Å². The highest BCUT2D eigenvalue weighted by molar-refractivity contribution is 6.04. The van der Waals surface area contributed by atoms with Crippen molar-refractivity contribution in [1.82, 2.24) is 14.8 Å². The maximum Gasteiger partial charge on any atom is 0.416 e. The van der Waals surface area contributed by atoms with Gasteiger partial charge in [0.2, 0.25) is 0 Å². The van der Waals surface area contributed by atoms with Gasteiger partial charge < -0.3 is 24.3 Å². The van der Waals surface area contributed by atoms with E-state index in [1.165, 1.54) is 44.3 Å². The van der Waals surface area contributed by atoms with E-state index in [-0.39, 0.29) is 23.9 Å². The number of pyridine rings is 1. The SMILES string of the molecule is C=Nc1cc(OC)c(OC)cc1/C(=C\C)Oc1ccc(NC(=O)c2nn(-c3ccc(C(F)(F)F)cc3C)cc2OCC)nc1. The van der Waals surface area contributed by atoms with Crippen molar-refractivity contribution in [2.75, 3.05) is 26.1 Å². The molecule has 0 atom stereocenters. The number of ether oxygens (including phenoxy) is 4. The van der Waals surface area contributed by atoms with Gasteiger partial charge in [-0.1, -0.05) is 0 Å². The van der Waals surface area contributed by atoms with Crippen LogP contribution in [0, 0.1) is 6.92 Å². The van der Waals surface area contributed by atoms with Crippen LogP contribution in [0.5, 0.6) is 23.0 Å². The number of aliphatic imine (C=N–C) groups is 1. The Kier molecular flexibility index (Phi) is 9.57. The van der Waals surface area contributed by atoms with E-state index >= 15 is 0 Å². The molecule has 0 bridgehead atoms. The average molecular weight is 610 g/mol. The molecule has 0 fully saturated rings. The third kappa shape index (κ3) is 6.83. The summed E-state index contributed by atoms with van der Waals surface area (Å²) in [6.45, 7) is 8.91. The lowest BCUT2D eigenvalue weighted by atomic mass is 10.1. The molecule has 13 heteroatoms. The van der Waals surface area contributed by atoms with Crippen molar-refractivity contribution in [2.45, 2.75) is 26.9 Å². The molecule has 4 aromatic rings. The van der Waals surface area contributed by atoms with Crippen molar-refractivity contribution in [3.8, 4) is 28.7 Å². The van der Waals surface area contributed by atoms with E-state index in [0.29, 0.717) is 45.5 Å². The number of rotatable bonds is 11. The van der Waals surface area contributed by atoms with Gasteiger partial charge in [0, 0.05) is 11.6 Å². The van der Waals surface area contributed by atoms with Crippen molar-refractivity contribution in [3.05, 3.63) is 83.3 Å². The topological polar surface area (TPSA) is 109 Å². The second-order valence-electron chi connectivity index (χ2n) is 9.19. The molecule has 1 amide bonds. The smallest absolute Gasteiger partial charge is 0.416 e. The van der Waals surface area contributed by atoms with E-state index in [1.807, 2.05) is 0 Å². The number of amides is 1. The first-order valence-corrected chi connectivity index (χ1v) is 13.3. The highest BCUT2D eigenvalue weighted by Gasteiger charge is 2.31. The van der Waals surface area contributed by atoms with Gasteiger partial charge in [0.15, 0.2) is 22.9 Å². The fraction of sp³-hybridized carbons (Fsp3) is 0.226. The quantitative estimate of drug-likeness (QED) is 0.144. The molecule has 0 radical (unpaired) electrons. The van der Waals surface area contributed by atoms with Gasteiger partial charge in [0.25, 0.3) is 5.91 Å². The second-order valence-corrected chi connectivity index (χ2v) is 9.19. The number of carbonyl (C=O) groups excluding carboxylic acids is 1. The van der Waals surface area contributed by atoms with E-state index in [0.717, 1.165) is 12.1 Å². The van der Waals surface area contributed by atoms with Crippen molar-refractivity contribution >= 4 is 29.9 Å². The molecule has 4 rings (SSSR count). The number of carbonyl (C=O) groups is 1. The van der Waals surface area contributed by atoms with Crippen LogP contribution in [0.15, 0.2) is 65.9 Å². The Morgan fingerprint density at radius 3 is 2.39 bits per heavy atom.